The fourth-order valence-electron chi connectivity index (χ4n) is 7.73. The van der Waals surface area contributed by atoms with E-state index < -0.39 is 53.6 Å². The van der Waals surface area contributed by atoms with E-state index in [0.29, 0.717) is 76.7 Å². The summed E-state index contributed by atoms with van der Waals surface area (Å²) in [5.41, 5.74) is -1.74. The highest BCUT2D eigenvalue weighted by atomic mass is 19.4. The number of piperidine rings is 3. The van der Waals surface area contributed by atoms with Crippen LogP contribution in [0.2, 0.25) is 0 Å². The molecule has 0 bridgehead atoms. The molecule has 3 fully saturated rings. The van der Waals surface area contributed by atoms with Gasteiger partial charge in [0.15, 0.2) is 6.10 Å². The third-order valence-electron chi connectivity index (χ3n) is 10.7. The number of halogens is 6. The minimum Gasteiger partial charge on any atom is -0.436 e. The monoisotopic (exact) mass is 739 g/mol. The number of carbonyl (C=O) groups is 3. The topological polar surface area (TPSA) is 106 Å². The molecule has 0 saturated carbocycles. The van der Waals surface area contributed by atoms with E-state index in [4.69, 9.17) is 4.74 Å². The molecule has 16 heteroatoms. The van der Waals surface area contributed by atoms with E-state index in [2.05, 4.69) is 10.2 Å². The van der Waals surface area contributed by atoms with Crippen molar-refractivity contribution in [3.8, 4) is 0 Å². The Morgan fingerprint density at radius 2 is 1.37 bits per heavy atom. The minimum absolute atomic E-state index is 0.0180. The number of fused-ring (bicyclic) bond motifs is 1. The second kappa shape index (κ2) is 15.5. The maximum atomic E-state index is 13.9. The Balaban J connectivity index is 1.14. The first-order valence-electron chi connectivity index (χ1n) is 17.8. The number of aliphatic hydroxyl groups excluding tert-OH is 1. The summed E-state index contributed by atoms with van der Waals surface area (Å²) < 4.78 is 87.8. The van der Waals surface area contributed by atoms with Gasteiger partial charge in [-0.1, -0.05) is 18.2 Å². The van der Waals surface area contributed by atoms with Crippen LogP contribution in [-0.4, -0.2) is 113 Å². The number of carbonyl (C=O) groups excluding carboxylic acids is 3. The number of nitrogens with zero attached hydrogens (tertiary/aromatic N) is 4. The van der Waals surface area contributed by atoms with Crippen molar-refractivity contribution in [3.63, 3.8) is 0 Å². The average molecular weight is 740 g/mol. The molecule has 3 saturated heterocycles. The number of rotatable bonds is 6. The number of benzene rings is 2. The summed E-state index contributed by atoms with van der Waals surface area (Å²) in [7, 11) is 0. The first-order valence-corrected chi connectivity index (χ1v) is 17.8. The molecule has 0 unspecified atom stereocenters. The second-order valence-corrected chi connectivity index (χ2v) is 14.1. The molecule has 10 nitrogen and oxygen atoms in total. The number of hydrogen-bond acceptors (Lipinski definition) is 6. The largest absolute Gasteiger partial charge is 0.436 e. The van der Waals surface area contributed by atoms with Gasteiger partial charge in [0.2, 0.25) is 0 Å². The smallest absolute Gasteiger partial charge is 0.416 e. The van der Waals surface area contributed by atoms with Crippen LogP contribution in [0.25, 0.3) is 0 Å². The quantitative estimate of drug-likeness (QED) is 0.365. The third-order valence-corrected chi connectivity index (χ3v) is 10.7. The highest BCUT2D eigenvalue weighted by Crippen LogP contribution is 2.37. The number of urea groups is 1. The molecule has 1 atom stereocenters. The number of hydrogen-bond donors (Lipinski definition) is 2. The zero-order valence-electron chi connectivity index (χ0n) is 28.6. The Kier molecular flexibility index (Phi) is 11.2. The van der Waals surface area contributed by atoms with Crippen molar-refractivity contribution in [2.45, 2.75) is 88.0 Å². The summed E-state index contributed by atoms with van der Waals surface area (Å²) in [4.78, 5) is 47.3. The molecular formula is C36H43F6N5O5. The van der Waals surface area contributed by atoms with E-state index in [1.807, 2.05) is 24.3 Å². The number of nitrogens with one attached hydrogen (secondary N) is 1. The van der Waals surface area contributed by atoms with Crippen LogP contribution in [0, 0.1) is 0 Å². The molecule has 4 amide bonds. The number of anilines is 1. The van der Waals surface area contributed by atoms with Gasteiger partial charge in [0.05, 0.1) is 17.2 Å². The number of amides is 4. The van der Waals surface area contributed by atoms with E-state index in [1.54, 1.807) is 4.90 Å². The Morgan fingerprint density at radius 3 is 1.98 bits per heavy atom. The van der Waals surface area contributed by atoms with Gasteiger partial charge in [-0.3, -0.25) is 4.79 Å². The van der Waals surface area contributed by atoms with E-state index in [-0.39, 0.29) is 56.5 Å². The van der Waals surface area contributed by atoms with Crippen molar-refractivity contribution in [1.82, 2.24) is 19.6 Å². The highest BCUT2D eigenvalue weighted by Gasteiger charge is 2.40. The number of alkyl halides is 6. The Hall–Kier alpha value is -4.05. The van der Waals surface area contributed by atoms with E-state index in [0.717, 1.165) is 11.3 Å². The summed E-state index contributed by atoms with van der Waals surface area (Å²) in [5.74, 6) is -0.692. The molecule has 0 aliphatic carbocycles. The van der Waals surface area contributed by atoms with Crippen molar-refractivity contribution < 1.29 is 50.6 Å². The molecule has 0 spiro atoms. The lowest BCUT2D eigenvalue weighted by atomic mass is 9.97. The van der Waals surface area contributed by atoms with Crippen molar-refractivity contribution >= 4 is 23.7 Å². The lowest BCUT2D eigenvalue weighted by molar-refractivity contribution is -0.143. The zero-order valence-corrected chi connectivity index (χ0v) is 28.6. The highest BCUT2D eigenvalue weighted by molar-refractivity contribution is 5.91. The van der Waals surface area contributed by atoms with Crippen LogP contribution in [0.1, 0.15) is 60.8 Å². The molecule has 52 heavy (non-hydrogen) atoms. The van der Waals surface area contributed by atoms with Crippen LogP contribution in [0.15, 0.2) is 42.5 Å². The van der Waals surface area contributed by atoms with Gasteiger partial charge in [-0.05, 0) is 80.3 Å². The summed E-state index contributed by atoms with van der Waals surface area (Å²) in [6.07, 6.45) is -9.90. The van der Waals surface area contributed by atoms with Gasteiger partial charge in [-0.25, -0.2) is 9.59 Å². The predicted octanol–water partition coefficient (Wildman–Crippen LogP) is 5.77. The first-order chi connectivity index (χ1) is 24.7. The molecular weight excluding hydrogens is 696 g/mol. The lowest BCUT2D eigenvalue weighted by Gasteiger charge is -2.41. The fraction of sp³-hybridized carbons (Fsp3) is 0.583. The maximum absolute atomic E-state index is 13.9. The lowest BCUT2D eigenvalue weighted by Crippen LogP contribution is -2.53. The standard InChI is InChI=1S/C36H43F6N5O5/c37-35(38,39)25-19-23(20-26(22-25)36(40,41)42)21-31(32(49)45-12-6-27(7-13-45)44-16-10-29(48)11-17-44)52-34(51)46-14-8-28(9-15-46)47-18-5-24-3-1-2-4-30(24)43-33(47)50/h1-4,19-20,22,27-29,31,48H,5-18,21H2,(H,43,50)/t31-/m1/s1. The van der Waals surface area contributed by atoms with Crippen LogP contribution in [0.3, 0.4) is 0 Å². The van der Waals surface area contributed by atoms with Gasteiger partial charge in [0, 0.05) is 70.0 Å². The van der Waals surface area contributed by atoms with E-state index in [9.17, 15) is 45.8 Å². The normalized spacial score (nSPS) is 21.0. The van der Waals surface area contributed by atoms with Crippen molar-refractivity contribution in [2.24, 2.45) is 0 Å². The predicted molar refractivity (Wildman–Crippen MR) is 177 cm³/mol. The van der Waals surface area contributed by atoms with Crippen LogP contribution in [0.5, 0.6) is 0 Å². The van der Waals surface area contributed by atoms with Gasteiger partial charge >= 0.3 is 24.5 Å². The summed E-state index contributed by atoms with van der Waals surface area (Å²) in [6, 6.07) is 8.34. The maximum Gasteiger partial charge on any atom is 0.416 e. The first kappa shape index (κ1) is 37.7. The Labute approximate surface area is 297 Å². The van der Waals surface area contributed by atoms with Gasteiger partial charge in [0.1, 0.15) is 0 Å². The van der Waals surface area contributed by atoms with Crippen LogP contribution in [0.4, 0.5) is 41.6 Å². The number of ether oxygens (including phenoxy) is 1. The third kappa shape index (κ3) is 8.93. The summed E-state index contributed by atoms with van der Waals surface area (Å²) >= 11 is 0. The van der Waals surface area contributed by atoms with Crippen LogP contribution < -0.4 is 5.32 Å². The van der Waals surface area contributed by atoms with Gasteiger partial charge < -0.3 is 34.8 Å². The molecule has 0 radical (unpaired) electrons. The van der Waals surface area contributed by atoms with Gasteiger partial charge in [0.25, 0.3) is 5.91 Å². The summed E-state index contributed by atoms with van der Waals surface area (Å²) in [6.45, 7) is 2.76. The number of aliphatic hydroxyl groups is 1. The molecule has 6 rings (SSSR count). The Morgan fingerprint density at radius 1 is 0.788 bits per heavy atom. The SMILES string of the molecule is O=C(O[C@H](Cc1cc(C(F)(F)F)cc(C(F)(F)F)c1)C(=O)N1CCC(N2CCC(O)CC2)CC1)N1CCC(N2CCc3ccccc3NC2=O)CC1. The minimum atomic E-state index is -5.09. The van der Waals surface area contributed by atoms with E-state index >= 15 is 0 Å². The number of likely N-dealkylation sites (tertiary alicyclic amines) is 3. The van der Waals surface area contributed by atoms with Crippen LogP contribution >= 0.6 is 0 Å². The van der Waals surface area contributed by atoms with Gasteiger partial charge in [-0.2, -0.15) is 26.3 Å². The molecule has 2 N–H and O–H groups in total. The molecule has 0 aromatic heterocycles. The molecule has 284 valence electrons. The van der Waals surface area contributed by atoms with Crippen molar-refractivity contribution in [3.05, 3.63) is 64.7 Å². The molecule has 4 aliphatic rings. The fourth-order valence-corrected chi connectivity index (χ4v) is 7.73. The molecule has 4 heterocycles. The van der Waals surface area contributed by atoms with Gasteiger partial charge in [-0.15, -0.1) is 0 Å². The zero-order chi connectivity index (χ0) is 37.2. The molecule has 2 aromatic rings. The summed E-state index contributed by atoms with van der Waals surface area (Å²) in [5, 5.41) is 12.8. The molecule has 4 aliphatic heterocycles. The molecule has 2 aromatic carbocycles. The average Bonchev–Trinajstić information content (AvgIpc) is 3.28. The number of para-hydroxylation sites is 1. The van der Waals surface area contributed by atoms with Crippen molar-refractivity contribution in [2.75, 3.05) is 51.1 Å². The van der Waals surface area contributed by atoms with E-state index in [1.165, 1.54) is 9.80 Å². The van der Waals surface area contributed by atoms with Crippen molar-refractivity contribution in [1.29, 1.82) is 0 Å². The van der Waals surface area contributed by atoms with Crippen LogP contribution in [-0.2, 0) is 34.7 Å². The Bertz CT molecular complexity index is 1570. The second-order valence-electron chi connectivity index (χ2n) is 14.1.